The molecular formula is C12H13N5O2S. The molecule has 1 aromatic carbocycles. The number of rotatable bonds is 3. The number of nitrogen functional groups attached to an aromatic ring is 1. The van der Waals surface area contributed by atoms with Crippen LogP contribution in [-0.2, 0) is 10.0 Å². The van der Waals surface area contributed by atoms with Crippen molar-refractivity contribution in [2.75, 3.05) is 10.5 Å². The van der Waals surface area contributed by atoms with Gasteiger partial charge in [0.15, 0.2) is 5.82 Å². The highest BCUT2D eigenvalue weighted by Crippen LogP contribution is 2.24. The third kappa shape index (κ3) is 2.44. The zero-order chi connectivity index (χ0) is 14.9. The largest absolute Gasteiger partial charge is 0.394 e. The number of nitriles is 1. The minimum atomic E-state index is -3.85. The lowest BCUT2D eigenvalue weighted by Gasteiger charge is -2.09. The van der Waals surface area contributed by atoms with E-state index in [9.17, 15) is 8.42 Å². The molecule has 20 heavy (non-hydrogen) atoms. The number of nitrogens with one attached hydrogen (secondary N) is 2. The molecule has 0 bridgehead atoms. The third-order valence-electron chi connectivity index (χ3n) is 2.83. The summed E-state index contributed by atoms with van der Waals surface area (Å²) in [6, 6.07) is 6.35. The first-order valence-electron chi connectivity index (χ1n) is 5.69. The number of hydrogen-bond donors (Lipinski definition) is 3. The van der Waals surface area contributed by atoms with Gasteiger partial charge in [-0.3, -0.25) is 9.82 Å². The molecule has 1 aromatic heterocycles. The number of nitrogens with zero attached hydrogens (tertiary/aromatic N) is 2. The van der Waals surface area contributed by atoms with Gasteiger partial charge in [0.05, 0.1) is 27.9 Å². The van der Waals surface area contributed by atoms with Gasteiger partial charge in [0.1, 0.15) is 0 Å². The van der Waals surface area contributed by atoms with E-state index in [4.69, 9.17) is 11.0 Å². The van der Waals surface area contributed by atoms with E-state index in [1.165, 1.54) is 6.07 Å². The van der Waals surface area contributed by atoms with E-state index in [1.54, 1.807) is 26.0 Å². The Bertz CT molecular complexity index is 802. The predicted octanol–water partition coefficient (Wildman–Crippen LogP) is 1.28. The number of aromatic amines is 1. The first-order chi connectivity index (χ1) is 9.35. The van der Waals surface area contributed by atoms with E-state index in [0.29, 0.717) is 11.3 Å². The molecule has 8 heteroatoms. The van der Waals surface area contributed by atoms with Gasteiger partial charge in [-0.05, 0) is 31.5 Å². The van der Waals surface area contributed by atoms with Crippen molar-refractivity contribution >= 4 is 21.5 Å². The van der Waals surface area contributed by atoms with Crippen LogP contribution in [-0.4, -0.2) is 18.6 Å². The summed E-state index contributed by atoms with van der Waals surface area (Å²) in [5, 5.41) is 15.2. The molecule has 0 amide bonds. The van der Waals surface area contributed by atoms with Gasteiger partial charge in [0.25, 0.3) is 10.0 Å². The predicted molar refractivity (Wildman–Crippen MR) is 74.4 cm³/mol. The summed E-state index contributed by atoms with van der Waals surface area (Å²) in [4.78, 5) is 0.0246. The Kier molecular flexibility index (Phi) is 3.38. The van der Waals surface area contributed by atoms with Crippen LogP contribution in [0.15, 0.2) is 23.1 Å². The molecule has 0 radical (unpaired) electrons. The Labute approximate surface area is 116 Å². The normalized spacial score (nSPS) is 11.1. The zero-order valence-corrected chi connectivity index (χ0v) is 11.7. The van der Waals surface area contributed by atoms with Gasteiger partial charge in [0, 0.05) is 0 Å². The van der Waals surface area contributed by atoms with Crippen molar-refractivity contribution in [2.45, 2.75) is 18.7 Å². The molecule has 1 heterocycles. The molecule has 2 rings (SSSR count). The number of sulfonamides is 1. The summed E-state index contributed by atoms with van der Waals surface area (Å²) in [6.45, 7) is 3.33. The summed E-state index contributed by atoms with van der Waals surface area (Å²) < 4.78 is 27.0. The zero-order valence-electron chi connectivity index (χ0n) is 10.9. The second kappa shape index (κ2) is 4.86. The number of H-pyrrole nitrogens is 1. The summed E-state index contributed by atoms with van der Waals surface area (Å²) >= 11 is 0. The summed E-state index contributed by atoms with van der Waals surface area (Å²) in [6.07, 6.45) is 0. The number of aromatic nitrogens is 2. The number of nitrogens with two attached hydrogens (primary N) is 1. The lowest BCUT2D eigenvalue weighted by Crippen LogP contribution is -2.15. The summed E-state index contributed by atoms with van der Waals surface area (Å²) in [7, 11) is -3.85. The van der Waals surface area contributed by atoms with Gasteiger partial charge in [0.2, 0.25) is 0 Å². The van der Waals surface area contributed by atoms with Crippen LogP contribution in [0.2, 0.25) is 0 Å². The van der Waals surface area contributed by atoms with E-state index >= 15 is 0 Å². The van der Waals surface area contributed by atoms with Crippen LogP contribution in [0.3, 0.4) is 0 Å². The maximum absolute atomic E-state index is 12.3. The second-order valence-electron chi connectivity index (χ2n) is 4.31. The quantitative estimate of drug-likeness (QED) is 0.785. The molecule has 0 spiro atoms. The van der Waals surface area contributed by atoms with Crippen molar-refractivity contribution in [3.05, 3.63) is 35.0 Å². The number of benzene rings is 1. The highest BCUT2D eigenvalue weighted by Gasteiger charge is 2.20. The summed E-state index contributed by atoms with van der Waals surface area (Å²) in [5.74, 6) is 0.0456. The highest BCUT2D eigenvalue weighted by molar-refractivity contribution is 7.92. The molecule has 0 saturated heterocycles. The van der Waals surface area contributed by atoms with Crippen molar-refractivity contribution in [3.8, 4) is 6.07 Å². The third-order valence-corrected chi connectivity index (χ3v) is 4.31. The van der Waals surface area contributed by atoms with Crippen LogP contribution in [0.4, 0.5) is 11.5 Å². The second-order valence-corrected chi connectivity index (χ2v) is 5.96. The molecule has 0 saturated carbocycles. The molecule has 104 valence electrons. The molecule has 0 atom stereocenters. The molecule has 2 aromatic rings. The van der Waals surface area contributed by atoms with Crippen LogP contribution in [0.5, 0.6) is 0 Å². The molecule has 0 aliphatic carbocycles. The molecule has 7 nitrogen and oxygen atoms in total. The lowest BCUT2D eigenvalue weighted by molar-refractivity contribution is 0.600. The fourth-order valence-corrected chi connectivity index (χ4v) is 2.95. The van der Waals surface area contributed by atoms with Crippen molar-refractivity contribution in [3.63, 3.8) is 0 Å². The molecule has 0 aliphatic rings. The minimum absolute atomic E-state index is 0.0246. The van der Waals surface area contributed by atoms with Crippen molar-refractivity contribution < 1.29 is 8.42 Å². The maximum Gasteiger partial charge on any atom is 0.263 e. The topological polar surface area (TPSA) is 125 Å². The van der Waals surface area contributed by atoms with E-state index in [0.717, 1.165) is 0 Å². The van der Waals surface area contributed by atoms with Crippen LogP contribution in [0.25, 0.3) is 0 Å². The molecule has 4 N–H and O–H groups in total. The Morgan fingerprint density at radius 1 is 1.40 bits per heavy atom. The average molecular weight is 291 g/mol. The fourth-order valence-electron chi connectivity index (χ4n) is 1.66. The minimum Gasteiger partial charge on any atom is -0.394 e. The van der Waals surface area contributed by atoms with Gasteiger partial charge in [-0.1, -0.05) is 6.07 Å². The first kappa shape index (κ1) is 13.9. The number of anilines is 2. The van der Waals surface area contributed by atoms with Gasteiger partial charge < -0.3 is 5.73 Å². The Morgan fingerprint density at radius 2 is 2.10 bits per heavy atom. The van der Waals surface area contributed by atoms with Crippen molar-refractivity contribution in [2.24, 2.45) is 0 Å². The highest BCUT2D eigenvalue weighted by atomic mass is 32.2. The van der Waals surface area contributed by atoms with Crippen LogP contribution in [0.1, 0.15) is 16.8 Å². The van der Waals surface area contributed by atoms with Crippen LogP contribution in [0, 0.1) is 25.2 Å². The van der Waals surface area contributed by atoms with Gasteiger partial charge >= 0.3 is 0 Å². The monoisotopic (exact) mass is 291 g/mol. The molecular weight excluding hydrogens is 278 g/mol. The number of hydrogen-bond acceptors (Lipinski definition) is 5. The Balaban J connectivity index is 2.46. The first-order valence-corrected chi connectivity index (χ1v) is 7.17. The lowest BCUT2D eigenvalue weighted by atomic mass is 10.2. The summed E-state index contributed by atoms with van der Waals surface area (Å²) in [5.41, 5.74) is 7.32. The average Bonchev–Trinajstić information content (AvgIpc) is 2.70. The fraction of sp³-hybridized carbons (Fsp3) is 0.167. The smallest absolute Gasteiger partial charge is 0.263 e. The van der Waals surface area contributed by atoms with Crippen molar-refractivity contribution in [1.82, 2.24) is 10.2 Å². The van der Waals surface area contributed by atoms with E-state index in [-0.39, 0.29) is 22.0 Å². The van der Waals surface area contributed by atoms with Crippen LogP contribution >= 0.6 is 0 Å². The van der Waals surface area contributed by atoms with Gasteiger partial charge in [-0.2, -0.15) is 10.4 Å². The van der Waals surface area contributed by atoms with Crippen LogP contribution < -0.4 is 10.5 Å². The van der Waals surface area contributed by atoms with E-state index in [2.05, 4.69) is 14.9 Å². The SMILES string of the molecule is Cc1ccc(C#N)cc1S(=O)(=O)Nc1n[nH]c(C)c1N. The van der Waals surface area contributed by atoms with Gasteiger partial charge in [-0.15, -0.1) is 0 Å². The van der Waals surface area contributed by atoms with E-state index < -0.39 is 10.0 Å². The Morgan fingerprint density at radius 3 is 2.65 bits per heavy atom. The Hall–Kier alpha value is -2.53. The van der Waals surface area contributed by atoms with Crippen molar-refractivity contribution in [1.29, 1.82) is 5.26 Å². The van der Waals surface area contributed by atoms with E-state index in [1.807, 2.05) is 6.07 Å². The van der Waals surface area contributed by atoms with Gasteiger partial charge in [-0.25, -0.2) is 8.42 Å². The maximum atomic E-state index is 12.3. The standard InChI is InChI=1S/C12H13N5O2S/c1-7-3-4-9(6-13)5-10(7)20(18,19)17-12-11(14)8(2)15-16-12/h3-5H,14H2,1-2H3,(H2,15,16,17). The molecule has 0 aliphatic heterocycles. The molecule has 0 fully saturated rings. The number of aryl methyl sites for hydroxylation is 2. The molecule has 0 unspecified atom stereocenters.